The number of carbonyl (C=O) groups is 13. The fraction of sp³-hybridized carbons (Fsp3) is 0.641. The second kappa shape index (κ2) is 49.8. The fourth-order valence-corrected chi connectivity index (χ4v) is 12.9. The van der Waals surface area contributed by atoms with Gasteiger partial charge >= 0.3 is 42.2 Å². The zero-order valence-corrected chi connectivity index (χ0v) is 69.2. The number of aromatic nitrogens is 1. The summed E-state index contributed by atoms with van der Waals surface area (Å²) < 4.78 is 38.6. The summed E-state index contributed by atoms with van der Waals surface area (Å²) in [6, 6.07) is 6.68. The minimum absolute atomic E-state index is 0.000000733. The Hall–Kier alpha value is -9.78. The molecule has 0 bridgehead atoms. The van der Waals surface area contributed by atoms with Gasteiger partial charge in [-0.3, -0.25) is 48.1 Å². The van der Waals surface area contributed by atoms with Crippen molar-refractivity contribution in [2.75, 3.05) is 86.2 Å². The third kappa shape index (κ3) is 34.1. The van der Waals surface area contributed by atoms with Crippen LogP contribution in [-0.4, -0.2) is 242 Å². The molecule has 0 spiro atoms. The summed E-state index contributed by atoms with van der Waals surface area (Å²) in [4.78, 5) is 183. The van der Waals surface area contributed by atoms with Gasteiger partial charge in [-0.2, -0.15) is 0 Å². The van der Waals surface area contributed by atoms with Crippen LogP contribution >= 0.6 is 11.3 Å². The molecule has 1 aliphatic heterocycles. The van der Waals surface area contributed by atoms with E-state index in [0.717, 1.165) is 30.7 Å². The van der Waals surface area contributed by atoms with E-state index in [1.165, 1.54) is 67.3 Å². The number of carbonyl (C=O) groups excluding carboxylic acids is 12. The number of nitrogens with one attached hydrogen (secondary N) is 7. The van der Waals surface area contributed by atoms with E-state index in [0.29, 0.717) is 36.1 Å². The highest BCUT2D eigenvalue weighted by Crippen LogP contribution is 2.33. The molecule has 0 aliphatic carbocycles. The van der Waals surface area contributed by atoms with Crippen molar-refractivity contribution >= 4 is 94.7 Å². The number of ether oxygens (including phenoxy) is 7. The molecule has 1 aromatic heterocycles. The van der Waals surface area contributed by atoms with E-state index in [2.05, 4.69) is 42.2 Å². The number of aliphatic carboxylic acids is 1. The Balaban J connectivity index is 1.35. The molecule has 0 saturated carbocycles. The number of methoxy groups -OCH3 is 1. The molecule has 35 nitrogen and oxygen atoms in total. The third-order valence-electron chi connectivity index (χ3n) is 19.1. The number of aliphatic hydroxyl groups is 1. The number of amides is 11. The van der Waals surface area contributed by atoms with Gasteiger partial charge in [0.25, 0.3) is 5.91 Å². The highest BCUT2D eigenvalue weighted by Gasteiger charge is 2.40. The number of aliphatic hydroxyl groups excluding tert-OH is 1. The molecule has 0 radical (unpaired) electrons. The number of hydrogen-bond acceptors (Lipinski definition) is 24. The number of carboxylic acid groups (broad SMARTS) is 1. The number of likely N-dealkylation sites (N-methyl/N-ethyl adjacent to an activating group) is 3. The van der Waals surface area contributed by atoms with E-state index in [9.17, 15) is 67.7 Å². The van der Waals surface area contributed by atoms with Crippen molar-refractivity contribution in [1.29, 1.82) is 0 Å². The summed E-state index contributed by atoms with van der Waals surface area (Å²) in [7, 11) is 6.18. The number of alkyl carbamates (subject to hydrolysis) is 1. The van der Waals surface area contributed by atoms with Crippen molar-refractivity contribution in [2.24, 2.45) is 35.3 Å². The molecule has 11 N–H and O–H groups in total. The van der Waals surface area contributed by atoms with Crippen LogP contribution in [0.2, 0.25) is 0 Å². The number of thiazole rings is 1. The summed E-state index contributed by atoms with van der Waals surface area (Å²) in [5.41, 5.74) is 6.67. The Morgan fingerprint density at radius 1 is 0.754 bits per heavy atom. The average Bonchev–Trinajstić information content (AvgIpc) is 1.19. The van der Waals surface area contributed by atoms with Gasteiger partial charge in [0.2, 0.25) is 29.5 Å². The number of anilines is 1. The average molecular weight is 1620 g/mol. The predicted octanol–water partition coefficient (Wildman–Crippen LogP) is 6.59. The van der Waals surface area contributed by atoms with Gasteiger partial charge in [0.1, 0.15) is 47.8 Å². The Morgan fingerprint density at radius 3 is 2.01 bits per heavy atom. The first-order valence-corrected chi connectivity index (χ1v) is 39.6. The van der Waals surface area contributed by atoms with E-state index in [4.69, 9.17) is 38.9 Å². The number of carboxylic acids is 1. The molecule has 3 aromatic rings. The molecular weight excluding hydrogens is 1500 g/mol. The Kier molecular flexibility index (Phi) is 42.2. The van der Waals surface area contributed by atoms with Crippen LogP contribution in [0.4, 0.5) is 24.9 Å². The molecule has 1 fully saturated rings. The van der Waals surface area contributed by atoms with Gasteiger partial charge in [0.05, 0.1) is 24.7 Å². The maximum absolute atomic E-state index is 15.1. The molecule has 2 unspecified atom stereocenters. The van der Waals surface area contributed by atoms with Crippen LogP contribution in [0.1, 0.15) is 180 Å². The monoisotopic (exact) mass is 1620 g/mol. The zero-order valence-electron chi connectivity index (χ0n) is 68.4. The highest BCUT2D eigenvalue weighted by atomic mass is 32.1. The first-order chi connectivity index (χ1) is 54.0. The Labute approximate surface area is 671 Å². The molecule has 114 heavy (non-hydrogen) atoms. The second-order valence-electron chi connectivity index (χ2n) is 29.6. The molecule has 2 heterocycles. The van der Waals surface area contributed by atoms with Crippen LogP contribution in [-0.2, 0) is 79.8 Å². The number of benzene rings is 2. The van der Waals surface area contributed by atoms with Crippen molar-refractivity contribution in [3.63, 3.8) is 0 Å². The lowest BCUT2D eigenvalue weighted by Gasteiger charge is -2.39. The molecule has 36 heteroatoms. The number of urea groups is 1. The topological polar surface area (TPSA) is 463 Å². The third-order valence-corrected chi connectivity index (χ3v) is 20.1. The number of hydrogen-bond donors (Lipinski definition) is 10. The zero-order chi connectivity index (χ0) is 84.9. The SMILES string of the molecule is CCC(CO)OC(COC(=O)NCCC(=O)N[C@@H](C(=O)N[C@H](CCCNC(N)=O)C(=O)Nc1ccc(COC(=O)N(C)CCN(C)C(=O)Oc2ccc(C[C@@H](C[C@H](C)C(=O)O)NC(=O)c3csc([C@@H](C[C@H](C(C)C)N(COC(=O)CC(C)C)C(=O)[C@@H](NC(=O)[C@H]4CCCCN4C)[C@@H](C)CC)OC(C)=O)n3)cc2)cc1)C(C)C)OC. The van der Waals surface area contributed by atoms with Gasteiger partial charge in [-0.05, 0) is 118 Å². The van der Waals surface area contributed by atoms with E-state index >= 15 is 4.79 Å². The lowest BCUT2D eigenvalue weighted by atomic mass is 9.92. The second-order valence-corrected chi connectivity index (χ2v) is 30.5. The quantitative estimate of drug-likeness (QED) is 0.0123. The number of esters is 2. The van der Waals surface area contributed by atoms with Gasteiger partial charge in [0, 0.05) is 96.7 Å². The van der Waals surface area contributed by atoms with Gasteiger partial charge in [-0.25, -0.2) is 24.2 Å². The van der Waals surface area contributed by atoms with Crippen LogP contribution in [0.3, 0.4) is 0 Å². The van der Waals surface area contributed by atoms with Crippen molar-refractivity contribution in [3.8, 4) is 5.75 Å². The van der Waals surface area contributed by atoms with Crippen molar-refractivity contribution in [2.45, 2.75) is 215 Å². The first-order valence-electron chi connectivity index (χ1n) is 38.7. The minimum atomic E-state index is -1.16. The lowest BCUT2D eigenvalue weighted by molar-refractivity contribution is -0.181. The Morgan fingerprint density at radius 2 is 1.42 bits per heavy atom. The highest BCUT2D eigenvalue weighted by molar-refractivity contribution is 7.09. The maximum Gasteiger partial charge on any atom is 0.415 e. The van der Waals surface area contributed by atoms with Gasteiger partial charge in [-0.15, -0.1) is 11.3 Å². The number of rotatable bonds is 48. The summed E-state index contributed by atoms with van der Waals surface area (Å²) in [5, 5.41) is 40.0. The smallest absolute Gasteiger partial charge is 0.415 e. The molecule has 11 atom stereocenters. The summed E-state index contributed by atoms with van der Waals surface area (Å²) >= 11 is 1.04. The van der Waals surface area contributed by atoms with Gasteiger partial charge in [-0.1, -0.05) is 106 Å². The van der Waals surface area contributed by atoms with Crippen LogP contribution in [0, 0.1) is 29.6 Å². The number of primary amides is 1. The lowest BCUT2D eigenvalue weighted by Crippen LogP contribution is -2.59. The maximum atomic E-state index is 15.1. The molecule has 2 aromatic carbocycles. The number of piperidine rings is 1. The molecular formula is C78H121N13O22S. The Bertz CT molecular complexity index is 3600. The van der Waals surface area contributed by atoms with Crippen LogP contribution in [0.15, 0.2) is 53.9 Å². The molecule has 1 aliphatic rings. The molecule has 636 valence electrons. The molecule has 1 saturated heterocycles. The first kappa shape index (κ1) is 96.6. The van der Waals surface area contributed by atoms with Crippen LogP contribution < -0.4 is 47.7 Å². The van der Waals surface area contributed by atoms with Crippen molar-refractivity contribution in [1.82, 2.24) is 56.5 Å². The van der Waals surface area contributed by atoms with E-state index < -0.39 is 145 Å². The molecule has 11 amide bonds. The summed E-state index contributed by atoms with van der Waals surface area (Å²) in [5.74, 6) is -7.52. The number of nitrogens with two attached hydrogens (primary N) is 1. The standard InChI is InChI=1S/C78H121N13O22S/c1-16-49(9)67(87-70(98)60-22-18-19-34-88(60)12)73(100)91(45-110-64(95)37-46(3)4)61(47(5)6)40-62(111-51(11)93)72-85-59(44-114-72)69(97)83-55(38-50(10)74(101)102)39-52-25-29-57(30-26-52)113-78(106)90(14)36-35-89(13)77(105)109-42-53-23-27-54(28-24-53)82-68(96)58(21-20-32-80-75(79)103)84-71(99)66(48(7)8)86-63(94)31-33-81-76(104)108-43-65(107-15)112-56(17-2)41-92/h23-30,44,46-50,55-56,58,60-62,65-67,92H,16-22,31-43,45H2,1-15H3,(H,81,104)(H,82,96)(H,83,97)(H,84,99)(H,86,94)(H,87,98)(H,101,102)(H3,79,80,103)/t49-,50-,55+,56?,58+,60+,61+,62+,65?,66+,67-/m0/s1. The van der Waals surface area contributed by atoms with Gasteiger partial charge in [0.15, 0.2) is 19.1 Å². The van der Waals surface area contributed by atoms with E-state index in [-0.39, 0.29) is 131 Å². The van der Waals surface area contributed by atoms with Gasteiger partial charge < -0.3 is 101 Å². The van der Waals surface area contributed by atoms with Crippen LogP contribution in [0.5, 0.6) is 5.75 Å². The van der Waals surface area contributed by atoms with E-state index in [1.54, 1.807) is 57.2 Å². The molecule has 4 rings (SSSR count). The normalized spacial score (nSPS) is 15.5. The largest absolute Gasteiger partial charge is 0.481 e. The van der Waals surface area contributed by atoms with E-state index in [1.807, 2.05) is 53.5 Å². The summed E-state index contributed by atoms with van der Waals surface area (Å²) in [6.07, 6.45) is -1.23. The minimum Gasteiger partial charge on any atom is -0.481 e. The van der Waals surface area contributed by atoms with Crippen LogP contribution in [0.25, 0.3) is 0 Å². The predicted molar refractivity (Wildman–Crippen MR) is 421 cm³/mol. The summed E-state index contributed by atoms with van der Waals surface area (Å²) in [6.45, 7) is 18.7. The number of likely N-dealkylation sites (tertiary alicyclic amines) is 1. The van der Waals surface area contributed by atoms with Crippen molar-refractivity contribution < 1.29 is 106 Å². The number of nitrogens with zero attached hydrogens (tertiary/aromatic N) is 5. The van der Waals surface area contributed by atoms with Crippen molar-refractivity contribution in [3.05, 3.63) is 75.7 Å². The fourth-order valence-electron chi connectivity index (χ4n) is 12.0.